The van der Waals surface area contributed by atoms with Crippen LogP contribution in [0.5, 0.6) is 17.2 Å². The van der Waals surface area contributed by atoms with E-state index in [1.807, 2.05) is 0 Å². The van der Waals surface area contributed by atoms with E-state index < -0.39 is 57.8 Å². The number of rotatable bonds is 4. The molecule has 8 unspecified atom stereocenters. The first-order chi connectivity index (χ1) is 18.9. The van der Waals surface area contributed by atoms with Gasteiger partial charge in [-0.3, -0.25) is 4.79 Å². The van der Waals surface area contributed by atoms with Crippen molar-refractivity contribution < 1.29 is 44.9 Å². The average Bonchev–Trinajstić information content (AvgIpc) is 3.62. The SMILES string of the molecule is COc1cccc2c1C(O)c1c(O)c3c(c(O)c1C2=O)C[C@@H](C(O)(I)CO)CC3C1CC12CC(N)C(O)C(C)O2. The number of methoxy groups -OCH3 is 1. The fraction of sp³-hybridized carbons (Fsp3) is 0.552. The van der Waals surface area contributed by atoms with Crippen LogP contribution in [-0.2, 0) is 11.2 Å². The first kappa shape index (κ1) is 28.1. The zero-order valence-corrected chi connectivity index (χ0v) is 24.3. The van der Waals surface area contributed by atoms with Crippen LogP contribution in [0.3, 0.4) is 0 Å². The van der Waals surface area contributed by atoms with Gasteiger partial charge in [0.25, 0.3) is 0 Å². The van der Waals surface area contributed by atoms with Crippen LogP contribution in [0.25, 0.3) is 0 Å². The first-order valence-corrected chi connectivity index (χ1v) is 14.6. The number of aliphatic hydroxyl groups excluding tert-OH is 3. The van der Waals surface area contributed by atoms with Crippen molar-refractivity contribution in [3.05, 3.63) is 51.6 Å². The Morgan fingerprint density at radius 2 is 1.90 bits per heavy atom. The molecule has 0 radical (unpaired) electrons. The highest BCUT2D eigenvalue weighted by molar-refractivity contribution is 14.1. The second-order valence-corrected chi connectivity index (χ2v) is 13.7. The number of nitrogens with two attached hydrogens (primary N) is 1. The molecule has 9 atom stereocenters. The molecule has 2 aromatic carbocycles. The van der Waals surface area contributed by atoms with E-state index in [0.29, 0.717) is 30.4 Å². The average molecular weight is 667 g/mol. The van der Waals surface area contributed by atoms with Crippen molar-refractivity contribution in [3.63, 3.8) is 0 Å². The van der Waals surface area contributed by atoms with Gasteiger partial charge in [-0.25, -0.2) is 0 Å². The molecule has 0 bridgehead atoms. The number of hydrogen-bond donors (Lipinski definition) is 7. The first-order valence-electron chi connectivity index (χ1n) is 13.5. The summed E-state index contributed by atoms with van der Waals surface area (Å²) in [6.07, 6.45) is -1.31. The molecule has 40 heavy (non-hydrogen) atoms. The number of phenols is 2. The zero-order chi connectivity index (χ0) is 28.9. The Balaban J connectivity index is 1.52. The lowest BCUT2D eigenvalue weighted by atomic mass is 9.68. The third kappa shape index (κ3) is 3.92. The summed E-state index contributed by atoms with van der Waals surface area (Å²) < 4.78 is 10.2. The monoisotopic (exact) mass is 667 g/mol. The molecule has 11 heteroatoms. The van der Waals surface area contributed by atoms with Gasteiger partial charge >= 0.3 is 0 Å². The van der Waals surface area contributed by atoms with Gasteiger partial charge < -0.3 is 45.8 Å². The number of carbonyl (C=O) groups excluding carboxylic acids is 1. The van der Waals surface area contributed by atoms with E-state index in [4.69, 9.17) is 15.2 Å². The Kier molecular flexibility index (Phi) is 6.69. The minimum absolute atomic E-state index is 0.0756. The van der Waals surface area contributed by atoms with E-state index in [9.17, 15) is 35.4 Å². The molecule has 216 valence electrons. The maximum Gasteiger partial charge on any atom is 0.197 e. The number of ketones is 1. The molecule has 1 heterocycles. The van der Waals surface area contributed by atoms with Crippen molar-refractivity contribution in [3.8, 4) is 17.2 Å². The Morgan fingerprint density at radius 3 is 2.55 bits per heavy atom. The zero-order valence-electron chi connectivity index (χ0n) is 22.2. The van der Waals surface area contributed by atoms with Gasteiger partial charge in [0.2, 0.25) is 0 Å². The van der Waals surface area contributed by atoms with E-state index in [0.717, 1.165) is 0 Å². The number of halogens is 1. The normalized spacial score (nSPS) is 35.9. The lowest BCUT2D eigenvalue weighted by Gasteiger charge is -2.42. The molecule has 2 aromatic rings. The Morgan fingerprint density at radius 1 is 1.18 bits per heavy atom. The van der Waals surface area contributed by atoms with E-state index in [1.165, 1.54) is 13.2 Å². The summed E-state index contributed by atoms with van der Waals surface area (Å²) in [7, 11) is 1.42. The molecule has 0 amide bonds. The van der Waals surface area contributed by atoms with Crippen molar-refractivity contribution in [2.45, 2.75) is 72.1 Å². The number of fused-ring (bicyclic) bond motifs is 3. The predicted molar refractivity (Wildman–Crippen MR) is 151 cm³/mol. The van der Waals surface area contributed by atoms with Crippen LogP contribution >= 0.6 is 22.6 Å². The summed E-state index contributed by atoms with van der Waals surface area (Å²) in [5, 5.41) is 66.4. The van der Waals surface area contributed by atoms with Gasteiger partial charge in [-0.15, -0.1) is 0 Å². The Hall–Kier alpha value is -2.00. The summed E-state index contributed by atoms with van der Waals surface area (Å²) in [5.74, 6) is -2.04. The Labute approximate surface area is 244 Å². The van der Waals surface area contributed by atoms with Crippen molar-refractivity contribution in [1.82, 2.24) is 0 Å². The number of benzene rings is 2. The minimum atomic E-state index is -1.52. The van der Waals surface area contributed by atoms with Crippen LogP contribution in [0.1, 0.15) is 76.4 Å². The molecule has 10 nitrogen and oxygen atoms in total. The van der Waals surface area contributed by atoms with Crippen LogP contribution < -0.4 is 10.5 Å². The number of aromatic hydroxyl groups is 2. The molecule has 1 aliphatic heterocycles. The number of carbonyl (C=O) groups is 1. The number of phenolic OH excluding ortho intramolecular Hbond substituents is 2. The van der Waals surface area contributed by atoms with Crippen molar-refractivity contribution in [1.29, 1.82) is 0 Å². The largest absolute Gasteiger partial charge is 0.507 e. The van der Waals surface area contributed by atoms with Gasteiger partial charge in [-0.2, -0.15) is 0 Å². The molecule has 1 spiro atoms. The van der Waals surface area contributed by atoms with Crippen LogP contribution in [0.2, 0.25) is 0 Å². The lowest BCUT2D eigenvalue weighted by Crippen LogP contribution is -2.53. The molecule has 0 aromatic heterocycles. The van der Waals surface area contributed by atoms with Crippen LogP contribution in [-0.4, -0.2) is 77.6 Å². The van der Waals surface area contributed by atoms with E-state index in [1.54, 1.807) is 41.6 Å². The maximum absolute atomic E-state index is 13.7. The molecular weight excluding hydrogens is 633 g/mol. The number of ether oxygens (including phenoxy) is 2. The second-order valence-electron chi connectivity index (χ2n) is 11.8. The van der Waals surface area contributed by atoms with E-state index in [2.05, 4.69) is 0 Å². The highest BCUT2D eigenvalue weighted by Crippen LogP contribution is 2.65. The fourth-order valence-electron chi connectivity index (χ4n) is 7.53. The minimum Gasteiger partial charge on any atom is -0.507 e. The molecule has 1 saturated heterocycles. The predicted octanol–water partition coefficient (Wildman–Crippen LogP) is 1.75. The van der Waals surface area contributed by atoms with Gasteiger partial charge in [0.15, 0.2) is 5.78 Å². The smallest absolute Gasteiger partial charge is 0.197 e. The maximum atomic E-state index is 13.7. The van der Waals surface area contributed by atoms with E-state index in [-0.39, 0.29) is 51.8 Å². The molecule has 6 rings (SSSR count). The summed E-state index contributed by atoms with van der Waals surface area (Å²) in [5.41, 5.74) is 6.45. The molecule has 3 aliphatic carbocycles. The van der Waals surface area contributed by atoms with Crippen molar-refractivity contribution in [2.75, 3.05) is 13.7 Å². The summed E-state index contributed by atoms with van der Waals surface area (Å²) in [6, 6.07) is 4.27. The molecular formula is C29H34INO9. The van der Waals surface area contributed by atoms with Crippen LogP contribution in [0.15, 0.2) is 18.2 Å². The molecule has 4 aliphatic rings. The number of alkyl halides is 1. The molecule has 2 fully saturated rings. The topological polar surface area (TPSA) is 183 Å². The highest BCUT2D eigenvalue weighted by atomic mass is 127. The number of aliphatic hydroxyl groups is 4. The van der Waals surface area contributed by atoms with Gasteiger partial charge in [0.05, 0.1) is 37.1 Å². The third-order valence-corrected chi connectivity index (χ3v) is 10.8. The number of hydrogen-bond acceptors (Lipinski definition) is 10. The van der Waals surface area contributed by atoms with E-state index >= 15 is 0 Å². The second kappa shape index (κ2) is 9.51. The standard InChI is InChI=1S/C29H34INO9/c1-11-23(33)17(31)9-28(40-11)8-16(28)14-6-12(29(30,38)10-32)7-15-19(14)26(36)22-21(25(15)35)24(34)13-4-3-5-18(39-2)20(13)27(22)37/h3-5,11-12,14,16-17,23,27,32-33,35-38H,6-10,31H2,1-2H3/t11?,12-,14?,16?,17?,23?,27?,28?,29?/m0/s1. The van der Waals surface area contributed by atoms with Gasteiger partial charge in [-0.05, 0) is 73.1 Å². The quantitative estimate of drug-likeness (QED) is 0.144. The fourth-order valence-corrected chi connectivity index (χ4v) is 8.00. The van der Waals surface area contributed by atoms with Crippen LogP contribution in [0, 0.1) is 11.8 Å². The summed E-state index contributed by atoms with van der Waals surface area (Å²) >= 11 is 1.80. The summed E-state index contributed by atoms with van der Waals surface area (Å²) in [6.45, 7) is 1.24. The van der Waals surface area contributed by atoms with Gasteiger partial charge in [0, 0.05) is 39.8 Å². The molecule has 1 saturated carbocycles. The molecule has 8 N–H and O–H groups in total. The Bertz CT molecular complexity index is 1380. The van der Waals surface area contributed by atoms with Crippen molar-refractivity contribution >= 4 is 28.4 Å². The third-order valence-electron chi connectivity index (χ3n) is 9.63. The highest BCUT2D eigenvalue weighted by Gasteiger charge is 2.64. The van der Waals surface area contributed by atoms with Crippen molar-refractivity contribution in [2.24, 2.45) is 17.6 Å². The summed E-state index contributed by atoms with van der Waals surface area (Å²) in [4.78, 5) is 13.7. The van der Waals surface area contributed by atoms with Gasteiger partial charge in [-0.1, -0.05) is 12.1 Å². The van der Waals surface area contributed by atoms with Crippen LogP contribution in [0.4, 0.5) is 0 Å². The van der Waals surface area contributed by atoms with Gasteiger partial charge in [0.1, 0.15) is 27.0 Å². The lowest BCUT2D eigenvalue weighted by molar-refractivity contribution is -0.138.